The predicted molar refractivity (Wildman–Crippen MR) is 118 cm³/mol. The third-order valence-electron chi connectivity index (χ3n) is 5.87. The molecule has 1 aliphatic carbocycles. The van der Waals surface area contributed by atoms with Crippen molar-refractivity contribution >= 4 is 5.97 Å². The number of hydrogen-bond donors (Lipinski definition) is 0. The molecule has 0 amide bonds. The molecule has 0 N–H and O–H groups in total. The molecule has 3 rings (SSSR count). The summed E-state index contributed by atoms with van der Waals surface area (Å²) in [5, 5.41) is 0. The van der Waals surface area contributed by atoms with E-state index in [1.54, 1.807) is 0 Å². The molecule has 2 aromatic rings. The van der Waals surface area contributed by atoms with E-state index in [1.807, 2.05) is 19.1 Å². The third-order valence-corrected chi connectivity index (χ3v) is 5.87. The number of halogens is 1. The second kappa shape index (κ2) is 11.1. The fraction of sp³-hybridized carbons (Fsp3) is 0.500. The van der Waals surface area contributed by atoms with E-state index < -0.39 is 12.1 Å². The van der Waals surface area contributed by atoms with Crippen molar-refractivity contribution in [2.24, 2.45) is 5.92 Å². The first-order valence-corrected chi connectivity index (χ1v) is 11.2. The normalized spacial score (nSPS) is 19.8. The molecular weight excluding hydrogens is 379 g/mol. The molecule has 0 saturated heterocycles. The monoisotopic (exact) mass is 412 g/mol. The maximum Gasteiger partial charge on any atom is 0.340 e. The summed E-state index contributed by atoms with van der Waals surface area (Å²) >= 11 is 0. The van der Waals surface area contributed by atoms with Crippen LogP contribution in [0.2, 0.25) is 0 Å². The van der Waals surface area contributed by atoms with Crippen LogP contribution in [0.4, 0.5) is 4.39 Å². The van der Waals surface area contributed by atoms with E-state index in [0.717, 1.165) is 37.9 Å². The summed E-state index contributed by atoms with van der Waals surface area (Å²) in [6.45, 7) is 4.73. The van der Waals surface area contributed by atoms with Crippen molar-refractivity contribution in [1.29, 1.82) is 0 Å². The zero-order valence-corrected chi connectivity index (χ0v) is 18.1. The molecule has 2 aromatic carbocycles. The Morgan fingerprint density at radius 3 is 2.20 bits per heavy atom. The van der Waals surface area contributed by atoms with Gasteiger partial charge in [-0.25, -0.2) is 9.18 Å². The van der Waals surface area contributed by atoms with E-state index >= 15 is 0 Å². The predicted octanol–water partition coefficient (Wildman–Crippen LogP) is 6.67. The first-order valence-electron chi connectivity index (χ1n) is 11.2. The van der Waals surface area contributed by atoms with Gasteiger partial charge in [0.05, 0.1) is 6.61 Å². The Morgan fingerprint density at radius 1 is 1.00 bits per heavy atom. The number of ether oxygens (including phenoxy) is 2. The van der Waals surface area contributed by atoms with Crippen molar-refractivity contribution in [3.63, 3.8) is 0 Å². The number of benzene rings is 2. The molecule has 0 heterocycles. The summed E-state index contributed by atoms with van der Waals surface area (Å²) in [5.74, 6) is 0.630. The Morgan fingerprint density at radius 2 is 1.60 bits per heavy atom. The standard InChI is InChI=1S/C26H33FO3/c1-3-4-5-25(27)26(28)30-24-14-8-20(9-15-24)18-29-23-16-12-22(13-17-23)21-10-6-19(2)7-11-21/h6-7,10-13,16-17,20,24-25H,3-5,8-9,14-15,18H2,1-2H3/t20?,24?,25-/m0/s1. The van der Waals surface area contributed by atoms with Crippen LogP contribution < -0.4 is 4.74 Å². The Kier molecular flexibility index (Phi) is 8.30. The lowest BCUT2D eigenvalue weighted by Gasteiger charge is -2.28. The SMILES string of the molecule is CCCC[C@H](F)C(=O)OC1CCC(COc2ccc(-c3ccc(C)cc3)cc2)CC1. The van der Waals surface area contributed by atoms with Gasteiger partial charge in [0.1, 0.15) is 11.9 Å². The Balaban J connectivity index is 1.39. The maximum atomic E-state index is 13.8. The van der Waals surface area contributed by atoms with Crippen LogP contribution in [-0.4, -0.2) is 24.9 Å². The number of esters is 1. The summed E-state index contributed by atoms with van der Waals surface area (Å²) in [5.41, 5.74) is 3.63. The van der Waals surface area contributed by atoms with Crippen LogP contribution >= 0.6 is 0 Å². The van der Waals surface area contributed by atoms with E-state index in [1.165, 1.54) is 16.7 Å². The second-order valence-electron chi connectivity index (χ2n) is 8.39. The number of rotatable bonds is 9. The molecule has 0 aromatic heterocycles. The highest BCUT2D eigenvalue weighted by atomic mass is 19.1. The number of aryl methyl sites for hydroxylation is 1. The maximum absolute atomic E-state index is 13.8. The van der Waals surface area contributed by atoms with Gasteiger partial charge in [0, 0.05) is 0 Å². The fourth-order valence-corrected chi connectivity index (χ4v) is 3.86. The van der Waals surface area contributed by atoms with E-state index in [9.17, 15) is 9.18 Å². The number of carbonyl (C=O) groups is 1. The van der Waals surface area contributed by atoms with E-state index in [2.05, 4.69) is 43.3 Å². The van der Waals surface area contributed by atoms with Crippen LogP contribution in [0, 0.1) is 12.8 Å². The lowest BCUT2D eigenvalue weighted by atomic mass is 9.88. The minimum absolute atomic E-state index is 0.151. The minimum Gasteiger partial charge on any atom is -0.493 e. The fourth-order valence-electron chi connectivity index (χ4n) is 3.86. The average Bonchev–Trinajstić information content (AvgIpc) is 2.78. The van der Waals surface area contributed by atoms with Crippen LogP contribution in [0.1, 0.15) is 57.4 Å². The van der Waals surface area contributed by atoms with Gasteiger partial charge in [0.15, 0.2) is 6.17 Å². The van der Waals surface area contributed by atoms with Crippen molar-refractivity contribution < 1.29 is 18.7 Å². The topological polar surface area (TPSA) is 35.5 Å². The van der Waals surface area contributed by atoms with Crippen LogP contribution in [0.15, 0.2) is 48.5 Å². The van der Waals surface area contributed by atoms with Gasteiger partial charge in [0.25, 0.3) is 0 Å². The highest BCUT2D eigenvalue weighted by molar-refractivity contribution is 5.74. The molecule has 162 valence electrons. The lowest BCUT2D eigenvalue weighted by molar-refractivity contribution is -0.157. The molecule has 1 fully saturated rings. The van der Waals surface area contributed by atoms with Gasteiger partial charge in [-0.2, -0.15) is 0 Å². The first-order chi connectivity index (χ1) is 14.5. The first kappa shape index (κ1) is 22.3. The van der Waals surface area contributed by atoms with Crippen LogP contribution in [0.25, 0.3) is 11.1 Å². The van der Waals surface area contributed by atoms with Crippen LogP contribution in [0.5, 0.6) is 5.75 Å². The largest absolute Gasteiger partial charge is 0.493 e. The van der Waals surface area contributed by atoms with Gasteiger partial charge in [0.2, 0.25) is 0 Å². The number of unbranched alkanes of at least 4 members (excludes halogenated alkanes) is 1. The Bertz CT molecular complexity index is 777. The molecule has 0 radical (unpaired) electrons. The van der Waals surface area contributed by atoms with Gasteiger partial charge in [-0.1, -0.05) is 61.7 Å². The summed E-state index contributed by atoms with van der Waals surface area (Å²) in [6.07, 6.45) is 3.67. The average molecular weight is 413 g/mol. The molecule has 3 nitrogen and oxygen atoms in total. The number of carbonyl (C=O) groups excluding carboxylic acids is 1. The van der Waals surface area contributed by atoms with E-state index in [0.29, 0.717) is 18.9 Å². The zero-order chi connectivity index (χ0) is 21.3. The summed E-state index contributed by atoms with van der Waals surface area (Å²) in [7, 11) is 0. The smallest absolute Gasteiger partial charge is 0.340 e. The highest BCUT2D eigenvalue weighted by Gasteiger charge is 2.27. The van der Waals surface area contributed by atoms with Crippen molar-refractivity contribution in [3.05, 3.63) is 54.1 Å². The quantitative estimate of drug-likeness (QED) is 0.431. The summed E-state index contributed by atoms with van der Waals surface area (Å²) < 4.78 is 25.1. The van der Waals surface area contributed by atoms with Crippen molar-refractivity contribution in [2.75, 3.05) is 6.61 Å². The van der Waals surface area contributed by atoms with Crippen molar-refractivity contribution in [3.8, 4) is 16.9 Å². The molecule has 0 spiro atoms. The summed E-state index contributed by atoms with van der Waals surface area (Å²) in [4.78, 5) is 11.8. The molecule has 0 unspecified atom stereocenters. The van der Waals surface area contributed by atoms with Crippen molar-refractivity contribution in [2.45, 2.75) is 71.1 Å². The van der Waals surface area contributed by atoms with E-state index in [4.69, 9.17) is 9.47 Å². The molecule has 1 saturated carbocycles. The number of hydrogen-bond acceptors (Lipinski definition) is 3. The molecule has 0 aliphatic heterocycles. The second-order valence-corrected chi connectivity index (χ2v) is 8.39. The van der Waals surface area contributed by atoms with Crippen LogP contribution in [0.3, 0.4) is 0 Å². The van der Waals surface area contributed by atoms with Gasteiger partial charge in [-0.15, -0.1) is 0 Å². The lowest BCUT2D eigenvalue weighted by Crippen LogP contribution is -2.30. The molecular formula is C26H33FO3. The van der Waals surface area contributed by atoms with Gasteiger partial charge in [-0.3, -0.25) is 0 Å². The van der Waals surface area contributed by atoms with Crippen molar-refractivity contribution in [1.82, 2.24) is 0 Å². The van der Waals surface area contributed by atoms with Crippen LogP contribution in [-0.2, 0) is 9.53 Å². The molecule has 1 aliphatic rings. The number of alkyl halides is 1. The molecule has 4 heteroatoms. The Hall–Kier alpha value is -2.36. The minimum atomic E-state index is -1.48. The van der Waals surface area contributed by atoms with E-state index in [-0.39, 0.29) is 12.5 Å². The molecule has 30 heavy (non-hydrogen) atoms. The zero-order valence-electron chi connectivity index (χ0n) is 18.1. The molecule has 0 bridgehead atoms. The van der Waals surface area contributed by atoms with Gasteiger partial charge < -0.3 is 9.47 Å². The Labute approximate surface area is 179 Å². The molecule has 1 atom stereocenters. The summed E-state index contributed by atoms with van der Waals surface area (Å²) in [6, 6.07) is 16.7. The highest BCUT2D eigenvalue weighted by Crippen LogP contribution is 2.28. The van der Waals surface area contributed by atoms with Gasteiger partial charge >= 0.3 is 5.97 Å². The van der Waals surface area contributed by atoms with Gasteiger partial charge in [-0.05, 0) is 68.2 Å². The third kappa shape index (κ3) is 6.58.